The van der Waals surface area contributed by atoms with Gasteiger partial charge in [-0.3, -0.25) is 0 Å². The Hall–Kier alpha value is -3.77. The zero-order valence-corrected chi connectivity index (χ0v) is 16.0. The van der Waals surface area contributed by atoms with Crippen LogP contribution in [-0.4, -0.2) is 15.1 Å². The molecule has 0 radical (unpaired) electrons. The summed E-state index contributed by atoms with van der Waals surface area (Å²) in [7, 11) is 0. The zero-order valence-electron chi connectivity index (χ0n) is 15.2. The fourth-order valence-corrected chi connectivity index (χ4v) is 3.84. The van der Waals surface area contributed by atoms with E-state index in [1.165, 1.54) is 11.3 Å². The van der Waals surface area contributed by atoms with Gasteiger partial charge in [0.15, 0.2) is 5.82 Å². The highest BCUT2D eigenvalue weighted by Gasteiger charge is 2.12. The number of thiazole rings is 1. The van der Waals surface area contributed by atoms with Gasteiger partial charge in [-0.25, -0.2) is 9.97 Å². The van der Waals surface area contributed by atoms with Gasteiger partial charge < -0.3 is 9.52 Å². The molecule has 0 spiro atoms. The van der Waals surface area contributed by atoms with Crippen LogP contribution in [0.15, 0.2) is 93.8 Å². The normalized spacial score (nSPS) is 11.8. The van der Waals surface area contributed by atoms with Crippen molar-refractivity contribution in [1.82, 2.24) is 9.97 Å². The monoisotopic (exact) mass is 397 g/mol. The first-order valence-corrected chi connectivity index (χ1v) is 9.88. The molecule has 2 aromatic carbocycles. The van der Waals surface area contributed by atoms with Crippen LogP contribution in [0.25, 0.3) is 32.8 Å². The molecule has 29 heavy (non-hydrogen) atoms. The van der Waals surface area contributed by atoms with E-state index in [9.17, 15) is 5.11 Å². The number of phenolic OH excluding ortho intramolecular Hbond substituents is 1. The molecule has 6 heteroatoms. The van der Waals surface area contributed by atoms with Crippen LogP contribution in [0.1, 0.15) is 0 Å². The molecule has 3 aromatic heterocycles. The second-order valence-corrected chi connectivity index (χ2v) is 7.25. The standard InChI is InChI=1S/C23H15N3O2S/c27-17-10-9-16-12-18(23-25-19(14-29-23)15-6-2-1-3-7-15)22(28-20(16)13-17)26-21-8-4-5-11-24-21/h1-14,27H/b26-22-. The van der Waals surface area contributed by atoms with Crippen LogP contribution in [0.4, 0.5) is 5.82 Å². The number of phenols is 1. The molecule has 0 unspecified atom stereocenters. The van der Waals surface area contributed by atoms with Crippen LogP contribution in [0.5, 0.6) is 5.75 Å². The summed E-state index contributed by atoms with van der Waals surface area (Å²) in [5.41, 5.74) is 3.68. The number of hydrogen-bond acceptors (Lipinski definition) is 6. The molecule has 0 saturated heterocycles. The van der Waals surface area contributed by atoms with E-state index in [0.29, 0.717) is 17.0 Å². The van der Waals surface area contributed by atoms with E-state index in [1.54, 1.807) is 18.3 Å². The average Bonchev–Trinajstić information content (AvgIpc) is 3.25. The van der Waals surface area contributed by atoms with Gasteiger partial charge in [0.1, 0.15) is 16.3 Å². The molecule has 0 aliphatic carbocycles. The quantitative estimate of drug-likeness (QED) is 0.433. The van der Waals surface area contributed by atoms with Gasteiger partial charge in [0.25, 0.3) is 0 Å². The fourth-order valence-electron chi connectivity index (χ4n) is 3.01. The number of pyridine rings is 1. The number of rotatable bonds is 3. The number of nitrogens with zero attached hydrogens (tertiary/aromatic N) is 3. The van der Waals surface area contributed by atoms with Gasteiger partial charge in [0, 0.05) is 28.6 Å². The second-order valence-electron chi connectivity index (χ2n) is 6.39. The molecular formula is C23H15N3O2S. The topological polar surface area (TPSA) is 71.5 Å². The molecule has 3 heterocycles. The molecule has 5 nitrogen and oxygen atoms in total. The summed E-state index contributed by atoms with van der Waals surface area (Å²) in [4.78, 5) is 13.7. The van der Waals surface area contributed by atoms with E-state index in [1.807, 2.05) is 66.0 Å². The third-order valence-corrected chi connectivity index (χ3v) is 5.28. The van der Waals surface area contributed by atoms with Crippen molar-refractivity contribution in [2.75, 3.05) is 0 Å². The Bertz CT molecular complexity index is 1360. The van der Waals surface area contributed by atoms with E-state index in [2.05, 4.69) is 9.98 Å². The van der Waals surface area contributed by atoms with E-state index in [-0.39, 0.29) is 5.75 Å². The van der Waals surface area contributed by atoms with Crippen molar-refractivity contribution < 1.29 is 9.52 Å². The Labute approximate surface area is 170 Å². The van der Waals surface area contributed by atoms with Crippen LogP contribution >= 0.6 is 11.3 Å². The summed E-state index contributed by atoms with van der Waals surface area (Å²) in [6.07, 6.45) is 1.68. The van der Waals surface area contributed by atoms with E-state index >= 15 is 0 Å². The van der Waals surface area contributed by atoms with Crippen molar-refractivity contribution in [2.45, 2.75) is 0 Å². The lowest BCUT2D eigenvalue weighted by atomic mass is 10.1. The van der Waals surface area contributed by atoms with Crippen molar-refractivity contribution in [1.29, 1.82) is 0 Å². The molecule has 0 fully saturated rings. The first-order chi connectivity index (χ1) is 14.3. The van der Waals surface area contributed by atoms with Gasteiger partial charge >= 0.3 is 0 Å². The molecule has 0 bridgehead atoms. The Kier molecular flexibility index (Phi) is 4.38. The van der Waals surface area contributed by atoms with Crippen molar-refractivity contribution in [3.05, 3.63) is 89.9 Å². The molecule has 0 aliphatic heterocycles. The summed E-state index contributed by atoms with van der Waals surface area (Å²) in [6, 6.07) is 22.6. The van der Waals surface area contributed by atoms with Gasteiger partial charge in [0.2, 0.25) is 5.55 Å². The van der Waals surface area contributed by atoms with Gasteiger partial charge in [-0.2, -0.15) is 4.99 Å². The lowest BCUT2D eigenvalue weighted by Crippen LogP contribution is -2.05. The molecule has 5 aromatic rings. The minimum Gasteiger partial charge on any atom is -0.508 e. The van der Waals surface area contributed by atoms with E-state index < -0.39 is 0 Å². The van der Waals surface area contributed by atoms with Crippen molar-refractivity contribution in [3.8, 4) is 27.6 Å². The predicted molar refractivity (Wildman–Crippen MR) is 114 cm³/mol. The first-order valence-electron chi connectivity index (χ1n) is 9.00. The molecular weight excluding hydrogens is 382 g/mol. The summed E-state index contributed by atoms with van der Waals surface area (Å²) < 4.78 is 6.05. The largest absolute Gasteiger partial charge is 0.508 e. The maximum atomic E-state index is 9.81. The zero-order chi connectivity index (χ0) is 19.6. The molecule has 0 aliphatic rings. The maximum absolute atomic E-state index is 9.81. The summed E-state index contributed by atoms with van der Waals surface area (Å²) >= 11 is 1.53. The maximum Gasteiger partial charge on any atom is 0.231 e. The van der Waals surface area contributed by atoms with Crippen LogP contribution in [0, 0.1) is 0 Å². The van der Waals surface area contributed by atoms with Crippen molar-refractivity contribution in [3.63, 3.8) is 0 Å². The Morgan fingerprint density at radius 2 is 1.79 bits per heavy atom. The summed E-state index contributed by atoms with van der Waals surface area (Å²) in [5, 5.41) is 13.5. The second kappa shape index (κ2) is 7.33. The molecule has 0 amide bonds. The minimum absolute atomic E-state index is 0.137. The Morgan fingerprint density at radius 3 is 2.62 bits per heavy atom. The average molecular weight is 397 g/mol. The van der Waals surface area contributed by atoms with Crippen LogP contribution < -0.4 is 5.55 Å². The highest BCUT2D eigenvalue weighted by atomic mass is 32.1. The summed E-state index contributed by atoms with van der Waals surface area (Å²) in [6.45, 7) is 0. The van der Waals surface area contributed by atoms with Gasteiger partial charge in [-0.15, -0.1) is 11.3 Å². The number of hydrogen-bond donors (Lipinski definition) is 1. The van der Waals surface area contributed by atoms with Crippen LogP contribution in [0.2, 0.25) is 0 Å². The lowest BCUT2D eigenvalue weighted by molar-refractivity contribution is 0.472. The number of fused-ring (bicyclic) bond motifs is 1. The van der Waals surface area contributed by atoms with Gasteiger partial charge in [-0.1, -0.05) is 36.4 Å². The lowest BCUT2D eigenvalue weighted by Gasteiger charge is -2.03. The minimum atomic E-state index is 0.137. The van der Waals surface area contributed by atoms with Crippen LogP contribution in [-0.2, 0) is 0 Å². The van der Waals surface area contributed by atoms with Crippen LogP contribution in [0.3, 0.4) is 0 Å². The highest BCUT2D eigenvalue weighted by molar-refractivity contribution is 7.13. The fraction of sp³-hybridized carbons (Fsp3) is 0. The number of aromatic hydroxyl groups is 1. The summed E-state index contributed by atoms with van der Waals surface area (Å²) in [5.74, 6) is 0.676. The van der Waals surface area contributed by atoms with Crippen molar-refractivity contribution >= 4 is 28.1 Å². The van der Waals surface area contributed by atoms with E-state index in [0.717, 1.165) is 27.2 Å². The van der Waals surface area contributed by atoms with Crippen molar-refractivity contribution in [2.24, 2.45) is 4.99 Å². The third-order valence-electron chi connectivity index (χ3n) is 4.40. The van der Waals surface area contributed by atoms with Gasteiger partial charge in [0.05, 0.1) is 11.3 Å². The molecule has 5 rings (SSSR count). The first kappa shape index (κ1) is 17.3. The number of benzene rings is 2. The predicted octanol–water partition coefficient (Wildman–Crippen LogP) is 5.56. The Balaban J connectivity index is 1.72. The van der Waals surface area contributed by atoms with Gasteiger partial charge in [-0.05, 0) is 30.3 Å². The highest BCUT2D eigenvalue weighted by Crippen LogP contribution is 2.29. The molecule has 0 saturated carbocycles. The number of aromatic nitrogens is 2. The SMILES string of the molecule is Oc1ccc2cc(-c3nc(-c4ccccc4)cs3)/c(=N/c3ccccn3)oc2c1. The third kappa shape index (κ3) is 3.53. The molecule has 0 atom stereocenters. The Morgan fingerprint density at radius 1 is 0.931 bits per heavy atom. The smallest absolute Gasteiger partial charge is 0.231 e. The molecule has 140 valence electrons. The van der Waals surface area contributed by atoms with E-state index in [4.69, 9.17) is 9.40 Å². The molecule has 1 N–H and O–H groups in total.